The van der Waals surface area contributed by atoms with Gasteiger partial charge >= 0.3 is 9.33 Å². The molecule has 0 heterocycles. The molecule has 0 N–H and O–H groups in total. The van der Waals surface area contributed by atoms with Gasteiger partial charge in [-0.25, -0.2) is 0 Å². The molecule has 0 atom stereocenters. The van der Waals surface area contributed by atoms with E-state index in [1.165, 1.54) is 0 Å². The van der Waals surface area contributed by atoms with Crippen molar-refractivity contribution in [3.8, 4) is 5.75 Å². The van der Waals surface area contributed by atoms with Gasteiger partial charge in [0.2, 0.25) is 0 Å². The first-order valence-corrected chi connectivity index (χ1v) is 6.41. The summed E-state index contributed by atoms with van der Waals surface area (Å²) in [6.45, 7) is 0. The molecule has 0 aliphatic carbocycles. The van der Waals surface area contributed by atoms with E-state index in [-0.39, 0.29) is 5.75 Å². The standard InChI is InChI=1S/C10H7ClO3S/c11-15(12,13)14-10-7-3-5-8-4-1-2-6-9(8)10/h1-7H. The minimum absolute atomic E-state index is 0.239. The summed E-state index contributed by atoms with van der Waals surface area (Å²) in [5.41, 5.74) is 0. The maximum atomic E-state index is 10.8. The van der Waals surface area contributed by atoms with Crippen LogP contribution >= 0.6 is 10.7 Å². The predicted molar refractivity (Wildman–Crippen MR) is 59.3 cm³/mol. The lowest BCUT2D eigenvalue weighted by Gasteiger charge is -2.04. The van der Waals surface area contributed by atoms with Crippen molar-refractivity contribution >= 4 is 30.8 Å². The lowest BCUT2D eigenvalue weighted by Crippen LogP contribution is -2.00. The zero-order valence-electron chi connectivity index (χ0n) is 7.55. The Labute approximate surface area is 91.9 Å². The summed E-state index contributed by atoms with van der Waals surface area (Å²) < 4.78 is 26.2. The van der Waals surface area contributed by atoms with Crippen LogP contribution in [0.5, 0.6) is 5.75 Å². The Bertz CT molecular complexity index is 587. The summed E-state index contributed by atoms with van der Waals surface area (Å²) in [4.78, 5) is 0. The minimum Gasteiger partial charge on any atom is -0.370 e. The van der Waals surface area contributed by atoms with Crippen LogP contribution in [0.15, 0.2) is 42.5 Å². The van der Waals surface area contributed by atoms with Gasteiger partial charge in [0.15, 0.2) is 5.75 Å². The number of rotatable bonds is 2. The van der Waals surface area contributed by atoms with E-state index < -0.39 is 9.33 Å². The molecule has 0 aliphatic heterocycles. The van der Waals surface area contributed by atoms with Gasteiger partial charge in [-0.1, -0.05) is 36.4 Å². The molecule has 0 spiro atoms. The largest absolute Gasteiger partial charge is 0.401 e. The van der Waals surface area contributed by atoms with Crippen LogP contribution in [-0.2, 0) is 9.33 Å². The summed E-state index contributed by atoms with van der Waals surface area (Å²) in [5.74, 6) is 0.239. The highest BCUT2D eigenvalue weighted by Gasteiger charge is 2.09. The summed E-state index contributed by atoms with van der Waals surface area (Å²) in [6.07, 6.45) is 0. The van der Waals surface area contributed by atoms with E-state index in [1.807, 2.05) is 18.2 Å². The van der Waals surface area contributed by atoms with Crippen molar-refractivity contribution in [1.29, 1.82) is 0 Å². The Morgan fingerprint density at radius 1 is 1.00 bits per heavy atom. The third-order valence-corrected chi connectivity index (χ3v) is 2.51. The molecule has 0 saturated carbocycles. The van der Waals surface area contributed by atoms with Gasteiger partial charge in [-0.15, -0.1) is 0 Å². The lowest BCUT2D eigenvalue weighted by atomic mass is 10.1. The molecular formula is C10H7ClO3S. The van der Waals surface area contributed by atoms with Gasteiger partial charge in [-0.2, -0.15) is 8.42 Å². The highest BCUT2D eigenvalue weighted by molar-refractivity contribution is 8.10. The van der Waals surface area contributed by atoms with Crippen molar-refractivity contribution in [2.75, 3.05) is 0 Å². The van der Waals surface area contributed by atoms with Crippen LogP contribution in [0.3, 0.4) is 0 Å². The first-order chi connectivity index (χ1) is 7.06. The van der Waals surface area contributed by atoms with Crippen molar-refractivity contribution in [1.82, 2.24) is 0 Å². The zero-order valence-corrected chi connectivity index (χ0v) is 9.12. The molecule has 0 unspecified atom stereocenters. The number of hydrogen-bond acceptors (Lipinski definition) is 3. The van der Waals surface area contributed by atoms with Crippen molar-refractivity contribution in [2.24, 2.45) is 0 Å². The van der Waals surface area contributed by atoms with E-state index in [4.69, 9.17) is 10.7 Å². The van der Waals surface area contributed by atoms with Crippen molar-refractivity contribution in [3.63, 3.8) is 0 Å². The van der Waals surface area contributed by atoms with E-state index in [1.54, 1.807) is 24.3 Å². The molecule has 15 heavy (non-hydrogen) atoms. The molecule has 0 aromatic heterocycles. The van der Waals surface area contributed by atoms with E-state index in [0.717, 1.165) is 5.39 Å². The molecule has 3 nitrogen and oxygen atoms in total. The Morgan fingerprint density at radius 3 is 2.40 bits per heavy atom. The van der Waals surface area contributed by atoms with E-state index >= 15 is 0 Å². The van der Waals surface area contributed by atoms with Crippen molar-refractivity contribution in [3.05, 3.63) is 42.5 Å². The molecular weight excluding hydrogens is 236 g/mol. The lowest BCUT2D eigenvalue weighted by molar-refractivity contribution is 0.506. The topological polar surface area (TPSA) is 43.4 Å². The smallest absolute Gasteiger partial charge is 0.370 e. The monoisotopic (exact) mass is 242 g/mol. The predicted octanol–water partition coefficient (Wildman–Crippen LogP) is 2.70. The average Bonchev–Trinajstić information content (AvgIpc) is 2.16. The molecule has 2 rings (SSSR count). The second-order valence-corrected chi connectivity index (χ2v) is 5.04. The molecule has 0 radical (unpaired) electrons. The van der Waals surface area contributed by atoms with Gasteiger partial charge in [-0.05, 0) is 11.5 Å². The first kappa shape index (κ1) is 10.3. The summed E-state index contributed by atoms with van der Waals surface area (Å²) in [6, 6.07) is 12.4. The molecule has 2 aromatic carbocycles. The normalized spacial score (nSPS) is 11.5. The minimum atomic E-state index is -4.00. The van der Waals surface area contributed by atoms with Gasteiger partial charge < -0.3 is 4.18 Å². The van der Waals surface area contributed by atoms with E-state index in [2.05, 4.69) is 4.18 Å². The fourth-order valence-corrected chi connectivity index (χ4v) is 1.94. The molecule has 0 amide bonds. The van der Waals surface area contributed by atoms with Crippen molar-refractivity contribution in [2.45, 2.75) is 0 Å². The zero-order chi connectivity index (χ0) is 10.9. The fourth-order valence-electron chi connectivity index (χ4n) is 1.38. The molecule has 78 valence electrons. The third-order valence-electron chi connectivity index (χ3n) is 1.94. The van der Waals surface area contributed by atoms with Crippen LogP contribution in [-0.4, -0.2) is 8.42 Å². The number of halogens is 1. The SMILES string of the molecule is O=S(=O)(Cl)Oc1cccc2ccccc12. The average molecular weight is 243 g/mol. The van der Waals surface area contributed by atoms with Gasteiger partial charge in [-0.3, -0.25) is 0 Å². The Balaban J connectivity index is 2.61. The highest BCUT2D eigenvalue weighted by Crippen LogP contribution is 2.26. The molecule has 2 aromatic rings. The maximum Gasteiger partial charge on any atom is 0.401 e. The second kappa shape index (κ2) is 3.72. The Morgan fingerprint density at radius 2 is 1.67 bits per heavy atom. The molecule has 0 saturated heterocycles. The van der Waals surface area contributed by atoms with Crippen LogP contribution in [0.2, 0.25) is 0 Å². The van der Waals surface area contributed by atoms with E-state index in [9.17, 15) is 8.42 Å². The molecule has 0 fully saturated rings. The summed E-state index contributed by atoms with van der Waals surface area (Å²) in [5, 5.41) is 1.61. The quantitative estimate of drug-likeness (QED) is 0.761. The van der Waals surface area contributed by atoms with E-state index in [0.29, 0.717) is 5.39 Å². The second-order valence-electron chi connectivity index (χ2n) is 2.95. The highest BCUT2D eigenvalue weighted by atomic mass is 35.7. The Kier molecular flexibility index (Phi) is 2.54. The van der Waals surface area contributed by atoms with Gasteiger partial charge in [0.1, 0.15) is 0 Å². The summed E-state index contributed by atoms with van der Waals surface area (Å²) in [7, 11) is 1.02. The third kappa shape index (κ3) is 2.40. The Hall–Kier alpha value is -1.26. The van der Waals surface area contributed by atoms with Crippen LogP contribution < -0.4 is 4.18 Å². The van der Waals surface area contributed by atoms with Gasteiger partial charge in [0.05, 0.1) is 10.7 Å². The van der Waals surface area contributed by atoms with Crippen LogP contribution in [0.25, 0.3) is 10.8 Å². The summed E-state index contributed by atoms with van der Waals surface area (Å²) >= 11 is 0. The molecule has 0 bridgehead atoms. The van der Waals surface area contributed by atoms with Gasteiger partial charge in [0, 0.05) is 5.39 Å². The number of hydrogen-bond donors (Lipinski definition) is 0. The van der Waals surface area contributed by atoms with Gasteiger partial charge in [0.25, 0.3) is 0 Å². The van der Waals surface area contributed by atoms with Crippen LogP contribution in [0.4, 0.5) is 0 Å². The number of fused-ring (bicyclic) bond motifs is 1. The number of benzene rings is 2. The van der Waals surface area contributed by atoms with Crippen LogP contribution in [0, 0.1) is 0 Å². The molecule has 0 aliphatic rings. The molecule has 5 heteroatoms. The first-order valence-electron chi connectivity index (χ1n) is 4.18. The fraction of sp³-hybridized carbons (Fsp3) is 0. The van der Waals surface area contributed by atoms with Crippen LogP contribution in [0.1, 0.15) is 0 Å². The maximum absolute atomic E-state index is 10.8. The van der Waals surface area contributed by atoms with Crippen molar-refractivity contribution < 1.29 is 12.6 Å².